The summed E-state index contributed by atoms with van der Waals surface area (Å²) < 4.78 is 25.9. The maximum atomic E-state index is 13.0. The molecule has 0 atom stereocenters. The van der Waals surface area contributed by atoms with E-state index >= 15 is 0 Å². The van der Waals surface area contributed by atoms with Crippen molar-refractivity contribution in [2.45, 2.75) is 0 Å². The largest absolute Gasteiger partial charge is 0.322 e. The van der Waals surface area contributed by atoms with Crippen LogP contribution in [-0.4, -0.2) is 16.7 Å². The van der Waals surface area contributed by atoms with E-state index in [-0.39, 0.29) is 17.1 Å². The molecule has 3 rings (SSSR count). The number of nitro groups is 1. The zero-order valence-electron chi connectivity index (χ0n) is 17.0. The van der Waals surface area contributed by atoms with Gasteiger partial charge in [0.1, 0.15) is 17.3 Å². The van der Waals surface area contributed by atoms with Gasteiger partial charge in [-0.1, -0.05) is 24.3 Å². The van der Waals surface area contributed by atoms with Crippen LogP contribution in [0.5, 0.6) is 0 Å². The number of amides is 2. The first-order chi connectivity index (χ1) is 15.8. The Bertz CT molecular complexity index is 1240. The normalized spacial score (nSPS) is 11.0. The van der Waals surface area contributed by atoms with Crippen LogP contribution >= 0.6 is 0 Å². The molecular formula is C24H17F2N3O4. The lowest BCUT2D eigenvalue weighted by molar-refractivity contribution is -0.383. The molecule has 7 nitrogen and oxygen atoms in total. The van der Waals surface area contributed by atoms with Gasteiger partial charge in [0.15, 0.2) is 0 Å². The number of hydrogen-bond donors (Lipinski definition) is 2. The number of hydrogen-bond acceptors (Lipinski definition) is 4. The van der Waals surface area contributed by atoms with Gasteiger partial charge in [0.2, 0.25) is 11.8 Å². The molecule has 0 radical (unpaired) electrons. The van der Waals surface area contributed by atoms with Gasteiger partial charge >= 0.3 is 0 Å². The van der Waals surface area contributed by atoms with Crippen molar-refractivity contribution in [1.82, 2.24) is 0 Å². The molecule has 166 valence electrons. The summed E-state index contributed by atoms with van der Waals surface area (Å²) >= 11 is 0. The molecule has 0 aliphatic rings. The summed E-state index contributed by atoms with van der Waals surface area (Å²) in [5, 5.41) is 16.3. The van der Waals surface area contributed by atoms with Gasteiger partial charge in [-0.25, -0.2) is 8.78 Å². The van der Waals surface area contributed by atoms with E-state index in [9.17, 15) is 28.5 Å². The molecule has 0 saturated heterocycles. The molecule has 0 fully saturated rings. The van der Waals surface area contributed by atoms with E-state index in [1.807, 2.05) is 0 Å². The smallest absolute Gasteiger partial charge is 0.292 e. The van der Waals surface area contributed by atoms with E-state index in [1.54, 1.807) is 0 Å². The summed E-state index contributed by atoms with van der Waals surface area (Å²) in [4.78, 5) is 35.0. The monoisotopic (exact) mass is 449 g/mol. The number of rotatable bonds is 7. The number of nitro benzene ring substituents is 1. The molecule has 33 heavy (non-hydrogen) atoms. The van der Waals surface area contributed by atoms with Crippen LogP contribution in [0.2, 0.25) is 0 Å². The van der Waals surface area contributed by atoms with Gasteiger partial charge in [-0.05, 0) is 59.7 Å². The number of carbonyl (C=O) groups excluding carboxylic acids is 2. The van der Waals surface area contributed by atoms with Gasteiger partial charge in [0.25, 0.3) is 5.69 Å². The van der Waals surface area contributed by atoms with Crippen LogP contribution in [-0.2, 0) is 9.59 Å². The summed E-state index contributed by atoms with van der Waals surface area (Å²) in [5.74, 6) is -1.99. The zero-order valence-corrected chi connectivity index (χ0v) is 17.0. The maximum Gasteiger partial charge on any atom is 0.292 e. The summed E-state index contributed by atoms with van der Waals surface area (Å²) in [7, 11) is 0. The Balaban J connectivity index is 1.71. The lowest BCUT2D eigenvalue weighted by Gasteiger charge is -2.07. The minimum absolute atomic E-state index is 0.117. The van der Waals surface area contributed by atoms with Crippen molar-refractivity contribution in [2.75, 3.05) is 10.6 Å². The van der Waals surface area contributed by atoms with E-state index < -0.39 is 28.4 Å². The minimum atomic E-state index is -0.667. The fourth-order valence-electron chi connectivity index (χ4n) is 2.72. The third-order valence-corrected chi connectivity index (χ3v) is 4.31. The lowest BCUT2D eigenvalue weighted by Crippen LogP contribution is -2.12. The van der Waals surface area contributed by atoms with Gasteiger partial charge in [0, 0.05) is 23.9 Å². The third kappa shape index (κ3) is 6.93. The minimum Gasteiger partial charge on any atom is -0.322 e. The SMILES string of the molecule is O=C(/C=C\c1ccc(F)cc1)Nc1cc(NC(=O)/C=C/c2ccc(F)cc2)ccc1[N+](=O)[O-]. The molecule has 2 amide bonds. The Morgan fingerprint density at radius 3 is 1.73 bits per heavy atom. The summed E-state index contributed by atoms with van der Waals surface area (Å²) in [5.41, 5.74) is 0.908. The Morgan fingerprint density at radius 2 is 1.24 bits per heavy atom. The molecule has 0 unspecified atom stereocenters. The van der Waals surface area contributed by atoms with E-state index in [4.69, 9.17) is 0 Å². The molecular weight excluding hydrogens is 432 g/mol. The average Bonchev–Trinajstić information content (AvgIpc) is 2.78. The van der Waals surface area contributed by atoms with E-state index in [0.717, 1.165) is 12.1 Å². The molecule has 0 heterocycles. The molecule has 0 aliphatic carbocycles. The van der Waals surface area contributed by atoms with Crippen molar-refractivity contribution < 1.29 is 23.3 Å². The number of carbonyl (C=O) groups is 2. The molecule has 0 spiro atoms. The molecule has 0 saturated carbocycles. The third-order valence-electron chi connectivity index (χ3n) is 4.31. The first kappa shape index (κ1) is 23.0. The zero-order chi connectivity index (χ0) is 23.8. The molecule has 3 aromatic carbocycles. The van der Waals surface area contributed by atoms with Crippen LogP contribution in [0.4, 0.5) is 25.8 Å². The Morgan fingerprint density at radius 1 is 0.758 bits per heavy atom. The van der Waals surface area contributed by atoms with Crippen molar-refractivity contribution in [3.05, 3.63) is 112 Å². The van der Waals surface area contributed by atoms with E-state index in [0.29, 0.717) is 11.1 Å². The van der Waals surface area contributed by atoms with E-state index in [1.165, 1.54) is 78.9 Å². The fourth-order valence-corrected chi connectivity index (χ4v) is 2.72. The molecule has 0 aromatic heterocycles. The molecule has 2 N–H and O–H groups in total. The Kier molecular flexibility index (Phi) is 7.38. The highest BCUT2D eigenvalue weighted by molar-refractivity contribution is 6.05. The summed E-state index contributed by atoms with van der Waals surface area (Å²) in [6.45, 7) is 0. The first-order valence-electron chi connectivity index (χ1n) is 9.58. The highest BCUT2D eigenvalue weighted by atomic mass is 19.1. The predicted octanol–water partition coefficient (Wildman–Crippen LogP) is 5.18. The second-order valence-electron chi connectivity index (χ2n) is 6.74. The van der Waals surface area contributed by atoms with Gasteiger partial charge in [-0.15, -0.1) is 0 Å². The van der Waals surface area contributed by atoms with E-state index in [2.05, 4.69) is 10.6 Å². The number of anilines is 2. The number of nitrogens with zero attached hydrogens (tertiary/aromatic N) is 1. The number of benzene rings is 3. The average molecular weight is 449 g/mol. The molecule has 3 aromatic rings. The highest BCUT2D eigenvalue weighted by Crippen LogP contribution is 2.28. The summed E-state index contributed by atoms with van der Waals surface area (Å²) in [6.07, 6.45) is 5.27. The predicted molar refractivity (Wildman–Crippen MR) is 121 cm³/mol. The highest BCUT2D eigenvalue weighted by Gasteiger charge is 2.16. The van der Waals surface area contributed by atoms with Crippen LogP contribution in [0.3, 0.4) is 0 Å². The van der Waals surface area contributed by atoms with Gasteiger partial charge < -0.3 is 10.6 Å². The number of nitrogens with one attached hydrogen (secondary N) is 2. The Hall–Kier alpha value is -4.66. The molecule has 0 aliphatic heterocycles. The first-order valence-corrected chi connectivity index (χ1v) is 9.58. The van der Waals surface area contributed by atoms with Crippen LogP contribution in [0.25, 0.3) is 12.2 Å². The van der Waals surface area contributed by atoms with Crippen molar-refractivity contribution in [2.24, 2.45) is 0 Å². The molecule has 0 bridgehead atoms. The summed E-state index contributed by atoms with van der Waals surface area (Å²) in [6, 6.07) is 14.7. The second-order valence-corrected chi connectivity index (χ2v) is 6.74. The van der Waals surface area contributed by atoms with Gasteiger partial charge in [-0.3, -0.25) is 19.7 Å². The molecule has 9 heteroatoms. The van der Waals surface area contributed by atoms with Crippen LogP contribution in [0.15, 0.2) is 78.9 Å². The standard InChI is InChI=1S/C24H17F2N3O4/c25-18-7-1-16(2-8-18)5-13-23(30)27-20-11-12-22(29(32)33)21(15-20)28-24(31)14-6-17-3-9-19(26)10-4-17/h1-15H,(H,27,30)(H,28,31)/b13-5+,14-6-. The topological polar surface area (TPSA) is 101 Å². The van der Waals surface area contributed by atoms with Crippen LogP contribution in [0, 0.1) is 21.7 Å². The van der Waals surface area contributed by atoms with Crippen molar-refractivity contribution in [3.63, 3.8) is 0 Å². The number of halogens is 2. The second kappa shape index (κ2) is 10.6. The maximum absolute atomic E-state index is 13.0. The fraction of sp³-hybridized carbons (Fsp3) is 0. The van der Waals surface area contributed by atoms with Crippen molar-refractivity contribution in [1.29, 1.82) is 0 Å². The van der Waals surface area contributed by atoms with Crippen molar-refractivity contribution in [3.8, 4) is 0 Å². The quantitative estimate of drug-likeness (QED) is 0.295. The van der Waals surface area contributed by atoms with Gasteiger partial charge in [-0.2, -0.15) is 0 Å². The van der Waals surface area contributed by atoms with Crippen LogP contribution in [0.1, 0.15) is 11.1 Å². The van der Waals surface area contributed by atoms with Crippen LogP contribution < -0.4 is 10.6 Å². The van der Waals surface area contributed by atoms with Crippen molar-refractivity contribution >= 4 is 41.0 Å². The lowest BCUT2D eigenvalue weighted by atomic mass is 10.2. The van der Waals surface area contributed by atoms with Gasteiger partial charge in [0.05, 0.1) is 4.92 Å². The Labute approximate surface area is 187 Å².